The van der Waals surface area contributed by atoms with Gasteiger partial charge < -0.3 is 30.1 Å². The molecule has 0 aliphatic heterocycles. The van der Waals surface area contributed by atoms with Gasteiger partial charge in [0.15, 0.2) is 0 Å². The summed E-state index contributed by atoms with van der Waals surface area (Å²) >= 11 is 0. The van der Waals surface area contributed by atoms with E-state index < -0.39 is 14.6 Å². The van der Waals surface area contributed by atoms with Crippen LogP contribution in [0.3, 0.4) is 0 Å². The Morgan fingerprint density at radius 1 is 0.600 bits per heavy atom. The third kappa shape index (κ3) is 979. The zero-order valence-electron chi connectivity index (χ0n) is 4.81. The predicted molar refractivity (Wildman–Crippen MR) is 17.3 cm³/mol. The summed E-state index contributed by atoms with van der Waals surface area (Å²) in [6.07, 6.45) is 0. The molecule has 0 unspecified atom stereocenters. The normalized spacial score (nSPS) is 5.40. The zero-order chi connectivity index (χ0) is 7.15. The maximum absolute atomic E-state index is 8.42. The second-order valence-electron chi connectivity index (χ2n) is 0.577. The van der Waals surface area contributed by atoms with Crippen molar-refractivity contribution in [3.63, 3.8) is 0 Å². The third-order valence-corrected chi connectivity index (χ3v) is 0. The molecule has 10 heavy (non-hydrogen) atoms. The van der Waals surface area contributed by atoms with E-state index in [-0.39, 0.29) is 30.4 Å². The second kappa shape index (κ2) is 16.4. The number of hydrogen-bond acceptors (Lipinski definition) is 6. The summed E-state index contributed by atoms with van der Waals surface area (Å²) in [6.45, 7) is 0. The molecule has 0 radical (unpaired) electrons. The Hall–Kier alpha value is 0.730. The first-order valence-corrected chi connectivity index (χ1v) is 1.41. The van der Waals surface area contributed by atoms with E-state index in [0.717, 1.165) is 0 Å². The molecule has 0 N–H and O–H groups in total. The van der Waals surface area contributed by atoms with Gasteiger partial charge in [-0.3, -0.25) is 14.6 Å². The van der Waals surface area contributed by atoms with Crippen molar-refractivity contribution in [2.45, 2.75) is 0 Å². The quantitative estimate of drug-likeness (QED) is 0.364. The number of hydrogen-bond donors (Lipinski definition) is 0. The molecule has 0 aromatic rings. The molecule has 0 atom stereocenters. The zero-order valence-corrected chi connectivity index (χ0v) is 8.78. The van der Waals surface area contributed by atoms with Gasteiger partial charge in [-0.15, -0.1) is 0 Å². The maximum Gasteiger partial charge on any atom is 4.00 e. The first kappa shape index (κ1) is 22.4. The van der Waals surface area contributed by atoms with E-state index in [0.29, 0.717) is 0 Å². The fourth-order valence-electron chi connectivity index (χ4n) is 0. The van der Waals surface area contributed by atoms with E-state index in [4.69, 9.17) is 30.1 Å². The Morgan fingerprint density at radius 3 is 0.600 bits per heavy atom. The van der Waals surface area contributed by atoms with Gasteiger partial charge in [0.25, 0.3) is 0 Å². The molecule has 0 aliphatic rings. The standard InChI is InChI=1S/2BO3.Si.Zn/c2*2-1(3)4;;/q2*-3;+4;+2. The van der Waals surface area contributed by atoms with Crippen molar-refractivity contribution in [2.75, 3.05) is 0 Å². The van der Waals surface area contributed by atoms with Crippen LogP contribution in [0.1, 0.15) is 0 Å². The summed E-state index contributed by atoms with van der Waals surface area (Å²) in [7, 11) is -5.83. The largest absolute Gasteiger partial charge is 4.00 e. The molecule has 0 aromatic heterocycles. The fourth-order valence-corrected chi connectivity index (χ4v) is 0. The van der Waals surface area contributed by atoms with Crippen molar-refractivity contribution in [1.82, 2.24) is 0 Å². The van der Waals surface area contributed by atoms with Crippen LogP contribution in [0, 0.1) is 0 Å². The summed E-state index contributed by atoms with van der Waals surface area (Å²) in [5.41, 5.74) is 0. The van der Waals surface area contributed by atoms with Crippen LogP contribution in [-0.2, 0) is 19.5 Å². The monoisotopic (exact) mass is 210 g/mol. The van der Waals surface area contributed by atoms with Crippen LogP contribution in [0.2, 0.25) is 0 Å². The number of rotatable bonds is 0. The van der Waals surface area contributed by atoms with Crippen molar-refractivity contribution in [2.24, 2.45) is 0 Å². The molecule has 48 valence electrons. The smallest absolute Gasteiger partial charge is 0.907 e. The molecule has 0 fully saturated rings. The van der Waals surface area contributed by atoms with Crippen LogP contribution < -0.4 is 30.1 Å². The van der Waals surface area contributed by atoms with Crippen molar-refractivity contribution < 1.29 is 49.6 Å². The summed E-state index contributed by atoms with van der Waals surface area (Å²) < 4.78 is 0. The van der Waals surface area contributed by atoms with Crippen LogP contribution in [0.15, 0.2) is 0 Å². The van der Waals surface area contributed by atoms with Crippen LogP contribution >= 0.6 is 0 Å². The van der Waals surface area contributed by atoms with Gasteiger partial charge in [-0.1, -0.05) is 0 Å². The van der Waals surface area contributed by atoms with Gasteiger partial charge in [0, 0.05) is 0 Å². The molecule has 0 spiro atoms. The summed E-state index contributed by atoms with van der Waals surface area (Å²) in [5.74, 6) is 0. The average Bonchev–Trinajstić information content (AvgIpc) is 1.25. The minimum Gasteiger partial charge on any atom is -0.907 e. The Balaban J connectivity index is -0.0000000300. The topological polar surface area (TPSA) is 138 Å². The van der Waals surface area contributed by atoms with Crippen LogP contribution in [0.4, 0.5) is 0 Å². The van der Waals surface area contributed by atoms with E-state index in [1.807, 2.05) is 0 Å². The molecule has 0 aromatic carbocycles. The van der Waals surface area contributed by atoms with E-state index in [1.165, 1.54) is 0 Å². The van der Waals surface area contributed by atoms with Crippen molar-refractivity contribution in [3.8, 4) is 0 Å². The molecule has 0 rings (SSSR count). The minimum absolute atomic E-state index is 0. The first-order chi connectivity index (χ1) is 3.46. The average molecular weight is 211 g/mol. The van der Waals surface area contributed by atoms with E-state index in [2.05, 4.69) is 0 Å². The molecular formula is B2O6SiZn. The van der Waals surface area contributed by atoms with Crippen molar-refractivity contribution in [1.29, 1.82) is 0 Å². The third-order valence-electron chi connectivity index (χ3n) is 0. The van der Waals surface area contributed by atoms with Gasteiger partial charge >= 0.3 is 30.4 Å². The van der Waals surface area contributed by atoms with Crippen molar-refractivity contribution >= 4 is 25.6 Å². The van der Waals surface area contributed by atoms with Gasteiger partial charge in [-0.25, -0.2) is 0 Å². The van der Waals surface area contributed by atoms with Gasteiger partial charge in [-0.2, -0.15) is 0 Å². The fraction of sp³-hybridized carbons (Fsp3) is 0. The second-order valence-corrected chi connectivity index (χ2v) is 0.577. The van der Waals surface area contributed by atoms with E-state index in [1.54, 1.807) is 0 Å². The molecule has 0 bridgehead atoms. The van der Waals surface area contributed by atoms with Crippen molar-refractivity contribution in [3.05, 3.63) is 0 Å². The molecule has 6 nitrogen and oxygen atoms in total. The molecular weight excluding hydrogens is 211 g/mol. The van der Waals surface area contributed by atoms with Crippen LogP contribution in [0.25, 0.3) is 0 Å². The molecule has 0 heterocycles. The Labute approximate surface area is 75.7 Å². The van der Waals surface area contributed by atoms with Gasteiger partial charge in [0.05, 0.1) is 0 Å². The van der Waals surface area contributed by atoms with Gasteiger partial charge in [-0.05, 0) is 0 Å². The van der Waals surface area contributed by atoms with Gasteiger partial charge in [0.1, 0.15) is 0 Å². The first-order valence-electron chi connectivity index (χ1n) is 1.41. The molecule has 0 aliphatic carbocycles. The Kier molecular flexibility index (Phi) is 36.7. The molecule has 0 saturated heterocycles. The summed E-state index contributed by atoms with van der Waals surface area (Å²) in [4.78, 5) is 0. The van der Waals surface area contributed by atoms with E-state index >= 15 is 0 Å². The summed E-state index contributed by atoms with van der Waals surface area (Å²) in [5, 5.41) is 50.5. The van der Waals surface area contributed by atoms with E-state index in [9.17, 15) is 0 Å². The van der Waals surface area contributed by atoms with Crippen LogP contribution in [-0.4, -0.2) is 25.6 Å². The molecule has 0 amide bonds. The predicted octanol–water partition coefficient (Wildman–Crippen LogP) is -8.28. The summed E-state index contributed by atoms with van der Waals surface area (Å²) in [6, 6.07) is 0. The van der Waals surface area contributed by atoms with Gasteiger partial charge in [0.2, 0.25) is 0 Å². The maximum atomic E-state index is 8.42. The Morgan fingerprint density at radius 2 is 0.600 bits per heavy atom. The molecule has 0 saturated carbocycles. The minimum atomic E-state index is -2.92. The molecule has 10 heteroatoms. The Bertz CT molecular complexity index is 31.2. The van der Waals surface area contributed by atoms with Crippen LogP contribution in [0.5, 0.6) is 0 Å². The SMILES string of the molecule is [O-]B([O-])[O-].[O-]B([O-])[O-].[Si+4].[Zn+2].